The van der Waals surface area contributed by atoms with E-state index in [-0.39, 0.29) is 0 Å². The van der Waals surface area contributed by atoms with Gasteiger partial charge in [0.15, 0.2) is 0 Å². The van der Waals surface area contributed by atoms with E-state index < -0.39 is 48.1 Å². The maximum absolute atomic E-state index is 13.5. The van der Waals surface area contributed by atoms with Crippen molar-refractivity contribution < 1.29 is 20.4 Å². The van der Waals surface area contributed by atoms with E-state index in [2.05, 4.69) is 47.9 Å². The zero-order valence-corrected chi connectivity index (χ0v) is 31.2. The minimum Gasteiger partial charge on any atom is -0.851 e. The first-order valence-corrected chi connectivity index (χ1v) is 20.4. The van der Waals surface area contributed by atoms with Crippen molar-refractivity contribution in [2.45, 2.75) is 85.6 Å². The van der Waals surface area contributed by atoms with Crippen LogP contribution < -0.4 is 30.2 Å². The maximum atomic E-state index is 13.5. The van der Waals surface area contributed by atoms with Crippen LogP contribution >= 0.6 is 23.5 Å². The lowest BCUT2D eigenvalue weighted by Crippen LogP contribution is -2.64. The van der Waals surface area contributed by atoms with Crippen molar-refractivity contribution in [3.63, 3.8) is 0 Å². The Morgan fingerprint density at radius 2 is 0.885 bits per heavy atom. The summed E-state index contributed by atoms with van der Waals surface area (Å²) in [7, 11) is 0. The molecule has 2 heterocycles. The standard InChI is InChI=1S/C44H44N2O4S2/c1-3-5-23-45-33-11-7-9-13-35(33)51-37(45)25-31-41(47)39(42(31)48)29-19-15-27(16-20-29)28-17-21-30(22-18-28)40-43(49)32(44(40)50)26-38-46(24-6-4-2)34-12-8-10-14-36(34)52-38/h7-22,25-26,31-32,39-44H,3-6,23-24H2,1-2H3/q-4. The fraction of sp³-hybridized carbons (Fsp3) is 0.364. The molecule has 4 aliphatic rings. The molecule has 2 aliphatic heterocycles. The molecule has 8 heteroatoms. The van der Waals surface area contributed by atoms with Crippen molar-refractivity contribution in [3.8, 4) is 11.1 Å². The molecule has 0 amide bonds. The first kappa shape index (κ1) is 35.5. The predicted octanol–water partition coefficient (Wildman–Crippen LogP) is 6.20. The summed E-state index contributed by atoms with van der Waals surface area (Å²) in [6, 6.07) is 32.1. The second-order valence-corrected chi connectivity index (χ2v) is 16.6. The van der Waals surface area contributed by atoms with Crippen LogP contribution in [-0.2, 0) is 0 Å². The second-order valence-electron chi connectivity index (χ2n) is 14.5. The van der Waals surface area contributed by atoms with Gasteiger partial charge in [0.25, 0.3) is 0 Å². The summed E-state index contributed by atoms with van der Waals surface area (Å²) in [4.78, 5) is 6.87. The lowest BCUT2D eigenvalue weighted by Gasteiger charge is -2.60. The first-order valence-electron chi connectivity index (χ1n) is 18.7. The van der Waals surface area contributed by atoms with Crippen LogP contribution in [0.5, 0.6) is 0 Å². The number of para-hydroxylation sites is 2. The summed E-state index contributed by atoms with van der Waals surface area (Å²) >= 11 is 3.31. The van der Waals surface area contributed by atoms with Gasteiger partial charge in [-0.15, -0.1) is 24.4 Å². The molecule has 0 bridgehead atoms. The molecule has 52 heavy (non-hydrogen) atoms. The van der Waals surface area contributed by atoms with E-state index in [1.165, 1.54) is 9.79 Å². The van der Waals surface area contributed by atoms with Crippen molar-refractivity contribution in [1.82, 2.24) is 0 Å². The first-order chi connectivity index (χ1) is 25.4. The van der Waals surface area contributed by atoms with Gasteiger partial charge in [0.1, 0.15) is 0 Å². The van der Waals surface area contributed by atoms with Gasteiger partial charge in [-0.05, 0) is 83.0 Å². The number of unbranched alkanes of at least 4 members (excludes halogenated alkanes) is 2. The summed E-state index contributed by atoms with van der Waals surface area (Å²) in [5.41, 5.74) is 5.81. The van der Waals surface area contributed by atoms with Crippen LogP contribution in [-0.4, -0.2) is 37.5 Å². The topological polar surface area (TPSA) is 98.7 Å². The molecule has 4 aromatic carbocycles. The monoisotopic (exact) mass is 728 g/mol. The van der Waals surface area contributed by atoms with E-state index in [0.717, 1.165) is 82.5 Å². The number of nitrogens with zero attached hydrogens (tertiary/aromatic N) is 2. The summed E-state index contributed by atoms with van der Waals surface area (Å²) in [6.07, 6.45) is 4.18. The third-order valence-corrected chi connectivity index (χ3v) is 13.5. The molecule has 0 spiro atoms. The molecule has 0 aromatic heterocycles. The zero-order chi connectivity index (χ0) is 35.9. The second kappa shape index (κ2) is 15.1. The molecule has 270 valence electrons. The van der Waals surface area contributed by atoms with E-state index in [1.807, 2.05) is 84.9 Å². The van der Waals surface area contributed by atoms with Gasteiger partial charge in [0.05, 0.1) is 21.4 Å². The Labute approximate surface area is 315 Å². The number of fused-ring (bicyclic) bond motifs is 2. The van der Waals surface area contributed by atoms with E-state index in [1.54, 1.807) is 23.5 Å². The average Bonchev–Trinajstić information content (AvgIpc) is 3.72. The predicted molar refractivity (Wildman–Crippen MR) is 205 cm³/mol. The van der Waals surface area contributed by atoms with Gasteiger partial charge in [-0.25, -0.2) is 0 Å². The average molecular weight is 729 g/mol. The Morgan fingerprint density at radius 3 is 1.25 bits per heavy atom. The van der Waals surface area contributed by atoms with Crippen molar-refractivity contribution in [1.29, 1.82) is 0 Å². The minimum absolute atomic E-state index is 0.552. The molecule has 4 aromatic rings. The highest BCUT2D eigenvalue weighted by molar-refractivity contribution is 8.04. The van der Waals surface area contributed by atoms with E-state index in [9.17, 15) is 20.4 Å². The highest BCUT2D eigenvalue weighted by atomic mass is 32.2. The summed E-state index contributed by atoms with van der Waals surface area (Å²) < 4.78 is 0. The van der Waals surface area contributed by atoms with Crippen LogP contribution in [0.25, 0.3) is 11.1 Å². The smallest absolute Gasteiger partial charge is 0.0762 e. The third kappa shape index (κ3) is 6.42. The summed E-state index contributed by atoms with van der Waals surface area (Å²) in [5, 5.41) is 55.9. The van der Waals surface area contributed by atoms with Gasteiger partial charge >= 0.3 is 0 Å². The largest absolute Gasteiger partial charge is 0.851 e. The zero-order valence-electron chi connectivity index (χ0n) is 29.6. The number of rotatable bonds is 11. The molecular formula is C44H44N2O4S2-4. The molecule has 8 rings (SSSR count). The Bertz CT molecular complexity index is 1790. The van der Waals surface area contributed by atoms with E-state index in [0.29, 0.717) is 0 Å². The van der Waals surface area contributed by atoms with Gasteiger partial charge in [0.2, 0.25) is 0 Å². The molecule has 0 N–H and O–H groups in total. The summed E-state index contributed by atoms with van der Waals surface area (Å²) in [6.45, 7) is 6.09. The fourth-order valence-electron chi connectivity index (χ4n) is 8.12. The SMILES string of the molecule is CCCCN1C(=CC2C([O-])C(c3ccc(-c4ccc(C5C([O-])C(C=C6Sc7ccccc7N6CCCC)C5[O-])cc4)cc3)C2[O-])Sc2ccccc21. The lowest BCUT2D eigenvalue weighted by atomic mass is 9.65. The quantitative estimate of drug-likeness (QED) is 0.180. The Balaban J connectivity index is 0.910. The molecule has 0 saturated heterocycles. The molecule has 4 unspecified atom stereocenters. The molecule has 2 aliphatic carbocycles. The van der Waals surface area contributed by atoms with Crippen LogP contribution in [0.2, 0.25) is 0 Å². The van der Waals surface area contributed by atoms with Gasteiger partial charge in [-0.2, -0.15) is 0 Å². The molecular weight excluding hydrogens is 685 g/mol. The molecule has 6 nitrogen and oxygen atoms in total. The Morgan fingerprint density at radius 1 is 0.519 bits per heavy atom. The van der Waals surface area contributed by atoms with Crippen LogP contribution in [0, 0.1) is 11.8 Å². The highest BCUT2D eigenvalue weighted by Gasteiger charge is 2.39. The number of thioether (sulfide) groups is 2. The summed E-state index contributed by atoms with van der Waals surface area (Å²) in [5.74, 6) is -2.25. The lowest BCUT2D eigenvalue weighted by molar-refractivity contribution is -0.543. The normalized spacial score (nSPS) is 29.3. The maximum Gasteiger partial charge on any atom is 0.0762 e. The minimum atomic E-state index is -0.985. The van der Waals surface area contributed by atoms with Crippen LogP contribution in [0.1, 0.15) is 62.5 Å². The number of anilines is 2. The molecule has 2 fully saturated rings. The van der Waals surface area contributed by atoms with E-state index >= 15 is 0 Å². The van der Waals surface area contributed by atoms with Gasteiger partial charge in [-0.1, -0.05) is 135 Å². The van der Waals surface area contributed by atoms with Crippen molar-refractivity contribution in [2.75, 3.05) is 22.9 Å². The van der Waals surface area contributed by atoms with Crippen molar-refractivity contribution in [3.05, 3.63) is 130 Å². The molecule has 2 saturated carbocycles. The van der Waals surface area contributed by atoms with Crippen LogP contribution in [0.4, 0.5) is 11.4 Å². The molecule has 0 radical (unpaired) electrons. The number of benzene rings is 4. The Kier molecular flexibility index (Phi) is 10.3. The number of hydrogen-bond donors (Lipinski definition) is 0. The fourth-order valence-corrected chi connectivity index (χ4v) is 10.5. The third-order valence-electron chi connectivity index (χ3n) is 11.3. The van der Waals surface area contributed by atoms with Crippen LogP contribution in [0.15, 0.2) is 129 Å². The van der Waals surface area contributed by atoms with Crippen LogP contribution in [0.3, 0.4) is 0 Å². The van der Waals surface area contributed by atoms with E-state index in [4.69, 9.17) is 0 Å². The van der Waals surface area contributed by atoms with Crippen molar-refractivity contribution in [2.24, 2.45) is 11.8 Å². The highest BCUT2D eigenvalue weighted by Crippen LogP contribution is 2.50. The van der Waals surface area contributed by atoms with Gasteiger partial charge < -0.3 is 30.2 Å². The van der Waals surface area contributed by atoms with Gasteiger partial charge in [-0.3, -0.25) is 0 Å². The van der Waals surface area contributed by atoms with Gasteiger partial charge in [0, 0.05) is 22.9 Å². The Hall–Kier alpha value is -3.50. The molecule has 4 atom stereocenters. The number of hydrogen-bond acceptors (Lipinski definition) is 8. The van der Waals surface area contributed by atoms with Crippen molar-refractivity contribution >= 4 is 34.9 Å².